The molecule has 26 heavy (non-hydrogen) atoms. The number of likely N-dealkylation sites (N-methyl/N-ethyl adjacent to an activating group) is 1. The van der Waals surface area contributed by atoms with Crippen LogP contribution in [0.3, 0.4) is 0 Å². The molecule has 2 aromatic carbocycles. The van der Waals surface area contributed by atoms with E-state index < -0.39 is 5.54 Å². The summed E-state index contributed by atoms with van der Waals surface area (Å²) in [4.78, 5) is 17.7. The summed E-state index contributed by atoms with van der Waals surface area (Å²) in [6, 6.07) is 18.2. The van der Waals surface area contributed by atoms with Gasteiger partial charge in [0.1, 0.15) is 6.73 Å². The summed E-state index contributed by atoms with van der Waals surface area (Å²) in [5, 5.41) is 0. The number of hydrogen-bond donors (Lipinski definition) is 0. The van der Waals surface area contributed by atoms with Gasteiger partial charge in [-0.1, -0.05) is 37.3 Å². The van der Waals surface area contributed by atoms with E-state index in [-0.39, 0.29) is 5.78 Å². The Labute approximate surface area is 156 Å². The molecule has 138 valence electrons. The van der Waals surface area contributed by atoms with E-state index in [1.165, 1.54) is 5.56 Å². The van der Waals surface area contributed by atoms with Gasteiger partial charge in [-0.2, -0.15) is 0 Å². The molecule has 0 radical (unpaired) electrons. The molecule has 1 aliphatic rings. The zero-order chi connectivity index (χ0) is 18.6. The van der Waals surface area contributed by atoms with Crippen LogP contribution in [0.2, 0.25) is 0 Å². The maximum Gasteiger partial charge on any atom is 0.183 e. The molecule has 0 spiro atoms. The highest BCUT2D eigenvalue weighted by Gasteiger charge is 2.39. The summed E-state index contributed by atoms with van der Waals surface area (Å²) in [5.41, 5.74) is 2.51. The van der Waals surface area contributed by atoms with Crippen LogP contribution in [0.15, 0.2) is 54.6 Å². The van der Waals surface area contributed by atoms with E-state index >= 15 is 0 Å². The monoisotopic (exact) mass is 352 g/mol. The third-order valence-electron chi connectivity index (χ3n) is 5.45. The molecular weight excluding hydrogens is 324 g/mol. The molecule has 4 nitrogen and oxygen atoms in total. The van der Waals surface area contributed by atoms with Gasteiger partial charge in [0.05, 0.1) is 12.1 Å². The second kappa shape index (κ2) is 8.02. The third kappa shape index (κ3) is 3.67. The number of rotatable bonds is 7. The summed E-state index contributed by atoms with van der Waals surface area (Å²) in [7, 11) is 4.00. The highest BCUT2D eigenvalue weighted by atomic mass is 16.5. The van der Waals surface area contributed by atoms with E-state index in [1.54, 1.807) is 0 Å². The lowest BCUT2D eigenvalue weighted by atomic mass is 9.80. The first-order valence-electron chi connectivity index (χ1n) is 9.26. The van der Waals surface area contributed by atoms with Gasteiger partial charge in [0.25, 0.3) is 0 Å². The second-order valence-electron chi connectivity index (χ2n) is 7.12. The van der Waals surface area contributed by atoms with Crippen LogP contribution in [0.1, 0.15) is 29.3 Å². The lowest BCUT2D eigenvalue weighted by Crippen LogP contribution is -2.52. The van der Waals surface area contributed by atoms with Crippen molar-refractivity contribution >= 4 is 11.5 Å². The van der Waals surface area contributed by atoms with Gasteiger partial charge in [0, 0.05) is 17.8 Å². The number of benzene rings is 2. The molecule has 0 aliphatic carbocycles. The fourth-order valence-electron chi connectivity index (χ4n) is 3.69. The van der Waals surface area contributed by atoms with E-state index in [0.717, 1.165) is 30.8 Å². The van der Waals surface area contributed by atoms with Crippen LogP contribution in [0, 0.1) is 0 Å². The molecule has 0 amide bonds. The summed E-state index contributed by atoms with van der Waals surface area (Å²) in [5.74, 6) is 0.179. The van der Waals surface area contributed by atoms with Gasteiger partial charge in [-0.15, -0.1) is 0 Å². The number of anilines is 1. The van der Waals surface area contributed by atoms with E-state index in [4.69, 9.17) is 4.74 Å². The number of hydrogen-bond acceptors (Lipinski definition) is 4. The van der Waals surface area contributed by atoms with Crippen LogP contribution < -0.4 is 4.90 Å². The largest absolute Gasteiger partial charge is 0.359 e. The Morgan fingerprint density at radius 3 is 2.35 bits per heavy atom. The van der Waals surface area contributed by atoms with E-state index in [1.807, 2.05) is 56.6 Å². The predicted octanol–water partition coefficient (Wildman–Crippen LogP) is 3.62. The normalized spacial score (nSPS) is 16.7. The van der Waals surface area contributed by atoms with E-state index in [2.05, 4.69) is 28.9 Å². The lowest BCUT2D eigenvalue weighted by Gasteiger charge is -2.38. The molecule has 1 saturated heterocycles. The van der Waals surface area contributed by atoms with Crippen LogP contribution in [-0.2, 0) is 11.2 Å². The van der Waals surface area contributed by atoms with Gasteiger partial charge in [-0.3, -0.25) is 9.69 Å². The van der Waals surface area contributed by atoms with Gasteiger partial charge < -0.3 is 9.64 Å². The Morgan fingerprint density at radius 2 is 1.81 bits per heavy atom. The molecule has 0 aromatic heterocycles. The zero-order valence-corrected chi connectivity index (χ0v) is 15.9. The summed E-state index contributed by atoms with van der Waals surface area (Å²) >= 11 is 0. The molecule has 1 heterocycles. The van der Waals surface area contributed by atoms with Crippen LogP contribution in [0.4, 0.5) is 5.69 Å². The molecule has 3 rings (SSSR count). The van der Waals surface area contributed by atoms with Crippen molar-refractivity contribution in [2.75, 3.05) is 38.9 Å². The molecule has 0 bridgehead atoms. The van der Waals surface area contributed by atoms with Crippen LogP contribution in [-0.4, -0.2) is 50.2 Å². The van der Waals surface area contributed by atoms with Gasteiger partial charge in [-0.25, -0.2) is 0 Å². The first-order chi connectivity index (χ1) is 12.6. The third-order valence-corrected chi connectivity index (χ3v) is 5.45. The maximum absolute atomic E-state index is 13.5. The number of ether oxygens (including phenoxy) is 1. The first-order valence-corrected chi connectivity index (χ1v) is 9.26. The highest BCUT2D eigenvalue weighted by molar-refractivity contribution is 6.03. The van der Waals surface area contributed by atoms with Gasteiger partial charge >= 0.3 is 0 Å². The average Bonchev–Trinajstić information content (AvgIpc) is 3.21. The maximum atomic E-state index is 13.5. The van der Waals surface area contributed by atoms with Crippen molar-refractivity contribution in [1.29, 1.82) is 0 Å². The summed E-state index contributed by atoms with van der Waals surface area (Å²) in [6.07, 6.45) is 1.47. The number of Topliss-reactive ketones (excluding diaryl/α,β-unsaturated/α-hetero) is 1. The van der Waals surface area contributed by atoms with Crippen molar-refractivity contribution in [3.05, 3.63) is 65.7 Å². The number of carbonyl (C=O) groups is 1. The minimum absolute atomic E-state index is 0.179. The molecule has 1 fully saturated rings. The van der Waals surface area contributed by atoms with Gasteiger partial charge in [0.15, 0.2) is 5.78 Å². The molecular formula is C22H28N2O2. The van der Waals surface area contributed by atoms with Crippen LogP contribution in [0.5, 0.6) is 0 Å². The first kappa shape index (κ1) is 18.6. The van der Waals surface area contributed by atoms with Gasteiger partial charge in [0.2, 0.25) is 0 Å². The smallest absolute Gasteiger partial charge is 0.183 e. The molecule has 2 aromatic rings. The van der Waals surface area contributed by atoms with E-state index in [9.17, 15) is 4.79 Å². The zero-order valence-electron chi connectivity index (χ0n) is 15.9. The minimum Gasteiger partial charge on any atom is -0.359 e. The average molecular weight is 352 g/mol. The van der Waals surface area contributed by atoms with Crippen molar-refractivity contribution < 1.29 is 9.53 Å². The van der Waals surface area contributed by atoms with Crippen molar-refractivity contribution in [3.8, 4) is 0 Å². The van der Waals surface area contributed by atoms with Crippen molar-refractivity contribution in [2.45, 2.75) is 25.3 Å². The summed E-state index contributed by atoms with van der Waals surface area (Å²) in [6.45, 7) is 4.38. The lowest BCUT2D eigenvalue weighted by molar-refractivity contribution is 0.0666. The van der Waals surface area contributed by atoms with Crippen molar-refractivity contribution in [3.63, 3.8) is 0 Å². The standard InChI is InChI=1S/C22H28N2O2/c1-4-22(23(2)3,16-18-8-6-5-7-9-18)21(25)19-10-12-20(13-11-19)24-14-15-26-17-24/h5-13H,4,14-17H2,1-3H3. The highest BCUT2D eigenvalue weighted by Crippen LogP contribution is 2.29. The van der Waals surface area contributed by atoms with Crippen molar-refractivity contribution in [1.82, 2.24) is 4.90 Å². The van der Waals surface area contributed by atoms with Crippen LogP contribution >= 0.6 is 0 Å². The molecule has 0 N–H and O–H groups in total. The Morgan fingerprint density at radius 1 is 1.12 bits per heavy atom. The fraction of sp³-hybridized carbons (Fsp3) is 0.409. The predicted molar refractivity (Wildman–Crippen MR) is 106 cm³/mol. The molecule has 0 saturated carbocycles. The molecule has 4 heteroatoms. The SMILES string of the molecule is CCC(Cc1ccccc1)(C(=O)c1ccc(N2CCOC2)cc1)N(C)C. The van der Waals surface area contributed by atoms with Crippen LogP contribution in [0.25, 0.3) is 0 Å². The topological polar surface area (TPSA) is 32.8 Å². The molecule has 1 atom stereocenters. The molecule has 1 unspecified atom stereocenters. The molecule has 1 aliphatic heterocycles. The Hall–Kier alpha value is -2.17. The Balaban J connectivity index is 1.87. The number of nitrogens with zero attached hydrogens (tertiary/aromatic N) is 2. The second-order valence-corrected chi connectivity index (χ2v) is 7.12. The van der Waals surface area contributed by atoms with E-state index in [0.29, 0.717) is 13.2 Å². The van der Waals surface area contributed by atoms with Gasteiger partial charge in [-0.05, 0) is 56.8 Å². The quantitative estimate of drug-likeness (QED) is 0.713. The number of ketones is 1. The number of carbonyl (C=O) groups excluding carboxylic acids is 1. The fourth-order valence-corrected chi connectivity index (χ4v) is 3.69. The van der Waals surface area contributed by atoms with Crippen molar-refractivity contribution in [2.24, 2.45) is 0 Å². The Kier molecular flexibility index (Phi) is 5.74. The Bertz CT molecular complexity index is 722. The summed E-state index contributed by atoms with van der Waals surface area (Å²) < 4.78 is 5.41. The minimum atomic E-state index is -0.542.